The van der Waals surface area contributed by atoms with Crippen molar-refractivity contribution in [3.63, 3.8) is 0 Å². The maximum atomic E-state index is 12.9. The fourth-order valence-corrected chi connectivity index (χ4v) is 8.46. The number of nitrogens with one attached hydrogen (secondary N) is 1. The monoisotopic (exact) mass is 460 g/mol. The van der Waals surface area contributed by atoms with Gasteiger partial charge in [-0.05, 0) is 93.8 Å². The van der Waals surface area contributed by atoms with E-state index in [4.69, 9.17) is 4.74 Å². The van der Waals surface area contributed by atoms with Gasteiger partial charge in [-0.1, -0.05) is 13.8 Å². The molecule has 2 unspecified atom stereocenters. The lowest BCUT2D eigenvalue weighted by atomic mass is 9.47. The van der Waals surface area contributed by atoms with Gasteiger partial charge in [-0.15, -0.1) is 0 Å². The molecular formula is C27H44N2O4. The molecule has 6 heteroatoms. The second-order valence-corrected chi connectivity index (χ2v) is 12.6. The maximum absolute atomic E-state index is 12.9. The minimum absolute atomic E-state index is 0.0593. The number of ether oxygens (including phenoxy) is 1. The zero-order valence-electron chi connectivity index (χ0n) is 21.5. The summed E-state index contributed by atoms with van der Waals surface area (Å²) < 4.78 is 4.88. The smallest absolute Gasteiger partial charge is 0.311 e. The van der Waals surface area contributed by atoms with Crippen LogP contribution in [0.4, 0.5) is 0 Å². The van der Waals surface area contributed by atoms with E-state index in [0.29, 0.717) is 49.0 Å². The summed E-state index contributed by atoms with van der Waals surface area (Å²) in [6.45, 7) is 8.55. The van der Waals surface area contributed by atoms with E-state index in [9.17, 15) is 14.4 Å². The highest BCUT2D eigenvalue weighted by Crippen LogP contribution is 2.64. The summed E-state index contributed by atoms with van der Waals surface area (Å²) in [5, 5.41) is 3.38. The van der Waals surface area contributed by atoms with E-state index >= 15 is 0 Å². The Bertz CT molecular complexity index is 810. The fourth-order valence-electron chi connectivity index (χ4n) is 8.46. The van der Waals surface area contributed by atoms with Crippen molar-refractivity contribution in [1.82, 2.24) is 10.2 Å². The van der Waals surface area contributed by atoms with Crippen molar-refractivity contribution in [1.29, 1.82) is 0 Å². The number of methoxy groups -OCH3 is 1. The summed E-state index contributed by atoms with van der Waals surface area (Å²) in [5.74, 6) is 2.14. The summed E-state index contributed by atoms with van der Waals surface area (Å²) in [6.07, 6.45) is 9.48. The Morgan fingerprint density at radius 1 is 1.06 bits per heavy atom. The first kappa shape index (κ1) is 24.5. The van der Waals surface area contributed by atoms with Gasteiger partial charge in [0.05, 0.1) is 12.5 Å². The average Bonchev–Trinajstić information content (AvgIpc) is 3.10. The van der Waals surface area contributed by atoms with E-state index in [1.54, 1.807) is 0 Å². The van der Waals surface area contributed by atoms with Crippen molar-refractivity contribution in [3.8, 4) is 0 Å². The molecule has 1 saturated heterocycles. The molecule has 7 atom stereocenters. The molecule has 0 aromatic carbocycles. The van der Waals surface area contributed by atoms with Crippen LogP contribution in [0, 0.1) is 34.0 Å². The first-order chi connectivity index (χ1) is 15.4. The van der Waals surface area contributed by atoms with Gasteiger partial charge in [0, 0.05) is 32.0 Å². The fraction of sp³-hybridized carbons (Fsp3) is 0.889. The van der Waals surface area contributed by atoms with Crippen LogP contribution in [0.5, 0.6) is 0 Å². The van der Waals surface area contributed by atoms with Crippen LogP contribution < -0.4 is 5.32 Å². The molecule has 0 spiro atoms. The Morgan fingerprint density at radius 3 is 2.45 bits per heavy atom. The van der Waals surface area contributed by atoms with Gasteiger partial charge in [-0.3, -0.25) is 14.4 Å². The van der Waals surface area contributed by atoms with Crippen LogP contribution in [0.15, 0.2) is 0 Å². The summed E-state index contributed by atoms with van der Waals surface area (Å²) in [4.78, 5) is 39.2. The molecule has 3 saturated carbocycles. The number of hydrogen-bond acceptors (Lipinski definition) is 4. The van der Waals surface area contributed by atoms with Crippen molar-refractivity contribution in [2.24, 2.45) is 34.0 Å². The number of piperidine rings is 1. The lowest BCUT2D eigenvalue weighted by Gasteiger charge is -2.61. The molecule has 0 radical (unpaired) electrons. The number of amides is 2. The van der Waals surface area contributed by atoms with E-state index in [-0.39, 0.29) is 28.7 Å². The van der Waals surface area contributed by atoms with Gasteiger partial charge in [0.25, 0.3) is 0 Å². The number of esters is 1. The van der Waals surface area contributed by atoms with Crippen LogP contribution in [0.1, 0.15) is 91.9 Å². The van der Waals surface area contributed by atoms with Crippen molar-refractivity contribution >= 4 is 17.8 Å². The van der Waals surface area contributed by atoms with Crippen molar-refractivity contribution in [2.45, 2.75) is 104 Å². The van der Waals surface area contributed by atoms with Gasteiger partial charge in [-0.2, -0.15) is 0 Å². The molecule has 2 amide bonds. The van der Waals surface area contributed by atoms with E-state index in [2.05, 4.69) is 24.1 Å². The van der Waals surface area contributed by atoms with Crippen LogP contribution in [0.25, 0.3) is 0 Å². The van der Waals surface area contributed by atoms with E-state index < -0.39 is 5.41 Å². The number of hydrogen-bond donors (Lipinski definition) is 1. The largest absolute Gasteiger partial charge is 0.469 e. The lowest BCUT2D eigenvalue weighted by molar-refractivity contribution is -0.157. The molecule has 0 bridgehead atoms. The number of carbonyl (C=O) groups is 3. The molecule has 4 fully saturated rings. The predicted octanol–water partition coefficient (Wildman–Crippen LogP) is 4.31. The van der Waals surface area contributed by atoms with Gasteiger partial charge in [0.1, 0.15) is 0 Å². The zero-order chi connectivity index (χ0) is 24.2. The molecule has 33 heavy (non-hydrogen) atoms. The van der Waals surface area contributed by atoms with Crippen LogP contribution >= 0.6 is 0 Å². The van der Waals surface area contributed by atoms with Gasteiger partial charge >= 0.3 is 5.97 Å². The van der Waals surface area contributed by atoms with Gasteiger partial charge in [0.2, 0.25) is 11.8 Å². The third kappa shape index (κ3) is 3.99. The third-order valence-corrected chi connectivity index (χ3v) is 10.6. The van der Waals surface area contributed by atoms with Crippen LogP contribution in [0.3, 0.4) is 0 Å². The first-order valence-electron chi connectivity index (χ1n) is 13.1. The molecule has 3 aliphatic carbocycles. The van der Waals surface area contributed by atoms with Crippen LogP contribution in [-0.2, 0) is 19.1 Å². The second-order valence-electron chi connectivity index (χ2n) is 12.6. The molecular weight excluding hydrogens is 416 g/mol. The summed E-state index contributed by atoms with van der Waals surface area (Å²) in [6, 6.07) is 0.609. The Hall–Kier alpha value is -1.59. The standard InChI is InChI=1S/C27H44N2O4/c1-25(2,24(32)33-6)14-12-22(30)28-20-9-8-18-17-7-10-21-27(4,16-13-23(31)29(21)5)19(17)11-15-26(18,20)3/h17-21H,7-16H2,1-6H3,(H,28,30)/t17-,18-,19+,20?,21?,26-,27+/m0/s1. The summed E-state index contributed by atoms with van der Waals surface area (Å²) in [7, 11) is 3.41. The summed E-state index contributed by atoms with van der Waals surface area (Å²) >= 11 is 0. The normalized spacial score (nSPS) is 40.5. The van der Waals surface area contributed by atoms with Crippen LogP contribution in [0.2, 0.25) is 0 Å². The number of likely N-dealkylation sites (tertiary alicyclic amines) is 1. The topological polar surface area (TPSA) is 75.7 Å². The highest BCUT2D eigenvalue weighted by atomic mass is 16.5. The molecule has 4 rings (SSSR count). The number of fused-ring (bicyclic) bond motifs is 5. The molecule has 1 N–H and O–H groups in total. The highest BCUT2D eigenvalue weighted by molar-refractivity contribution is 5.79. The number of nitrogens with zero attached hydrogens (tertiary/aromatic N) is 1. The molecule has 0 aromatic rings. The summed E-state index contributed by atoms with van der Waals surface area (Å²) in [5.41, 5.74) is -0.267. The van der Waals surface area contributed by atoms with E-state index in [1.165, 1.54) is 26.4 Å². The lowest BCUT2D eigenvalue weighted by Crippen LogP contribution is -2.62. The minimum Gasteiger partial charge on any atom is -0.469 e. The van der Waals surface area contributed by atoms with Gasteiger partial charge in [0.15, 0.2) is 0 Å². The van der Waals surface area contributed by atoms with E-state index in [1.807, 2.05) is 20.9 Å². The molecule has 0 aromatic heterocycles. The molecule has 1 heterocycles. The predicted molar refractivity (Wildman–Crippen MR) is 127 cm³/mol. The second kappa shape index (κ2) is 8.57. The molecule has 186 valence electrons. The third-order valence-electron chi connectivity index (χ3n) is 10.6. The Morgan fingerprint density at radius 2 is 1.76 bits per heavy atom. The number of rotatable bonds is 5. The SMILES string of the molecule is COC(=O)C(C)(C)CCC(=O)NC1CC[C@H]2[C@@H]3CCC4N(C)C(=O)CC[C@]4(C)[C@@H]3CC[C@]12C. The minimum atomic E-state index is -0.644. The average molecular weight is 461 g/mol. The molecule has 6 nitrogen and oxygen atoms in total. The molecule has 4 aliphatic rings. The Labute approximate surface area is 199 Å². The Balaban J connectivity index is 1.42. The molecule has 1 aliphatic heterocycles. The quantitative estimate of drug-likeness (QED) is 0.620. The first-order valence-corrected chi connectivity index (χ1v) is 13.1. The maximum Gasteiger partial charge on any atom is 0.311 e. The van der Waals surface area contributed by atoms with Gasteiger partial charge < -0.3 is 15.0 Å². The van der Waals surface area contributed by atoms with E-state index in [0.717, 1.165) is 25.7 Å². The Kier molecular flexibility index (Phi) is 6.37. The zero-order valence-corrected chi connectivity index (χ0v) is 21.5. The van der Waals surface area contributed by atoms with Crippen molar-refractivity contribution < 1.29 is 19.1 Å². The highest BCUT2D eigenvalue weighted by Gasteiger charge is 2.61. The van der Waals surface area contributed by atoms with Gasteiger partial charge in [-0.25, -0.2) is 0 Å². The van der Waals surface area contributed by atoms with Crippen molar-refractivity contribution in [2.75, 3.05) is 14.2 Å². The van der Waals surface area contributed by atoms with Crippen molar-refractivity contribution in [3.05, 3.63) is 0 Å². The van der Waals surface area contributed by atoms with Crippen LogP contribution in [-0.4, -0.2) is 48.9 Å². The number of carbonyl (C=O) groups excluding carboxylic acids is 3.